The van der Waals surface area contributed by atoms with Crippen molar-refractivity contribution in [1.82, 2.24) is 5.32 Å². The second-order valence-corrected chi connectivity index (χ2v) is 8.39. The van der Waals surface area contributed by atoms with Crippen LogP contribution in [-0.4, -0.2) is 28.0 Å². The van der Waals surface area contributed by atoms with Gasteiger partial charge in [0.05, 0.1) is 21.7 Å². The van der Waals surface area contributed by atoms with Crippen LogP contribution in [0.2, 0.25) is 10.0 Å². The Bertz CT molecular complexity index is 1290. The fourth-order valence-corrected chi connectivity index (χ4v) is 4.30. The Balaban J connectivity index is 1.53. The molecule has 34 heavy (non-hydrogen) atoms. The number of carboxylic acid groups (broad SMARTS) is 1. The highest BCUT2D eigenvalue weighted by molar-refractivity contribution is 6.39. The third kappa shape index (κ3) is 4.93. The van der Waals surface area contributed by atoms with E-state index in [1.807, 2.05) is 24.3 Å². The highest BCUT2D eigenvalue weighted by atomic mass is 35.5. The minimum atomic E-state index is -1.66. The number of fused-ring (bicyclic) bond motifs is 1. The number of amides is 2. The summed E-state index contributed by atoms with van der Waals surface area (Å²) >= 11 is 12.4. The largest absolute Gasteiger partial charge is 0.507 e. The normalized spacial score (nSPS) is 14.2. The molecule has 0 saturated heterocycles. The molecule has 3 aromatic carbocycles. The Morgan fingerprint density at radius 1 is 1.00 bits per heavy atom. The summed E-state index contributed by atoms with van der Waals surface area (Å²) in [6.07, 6.45) is 1.62. The third-order valence-electron chi connectivity index (χ3n) is 5.32. The molecule has 0 saturated carbocycles. The number of ether oxygens (including phenoxy) is 1. The number of rotatable bonds is 5. The number of hydrogen-bond acceptors (Lipinski definition) is 5. The zero-order valence-electron chi connectivity index (χ0n) is 17.5. The van der Waals surface area contributed by atoms with Crippen molar-refractivity contribution in [1.29, 1.82) is 0 Å². The molecule has 0 radical (unpaired) electrons. The number of aryl methyl sites for hydroxylation is 1. The fourth-order valence-electron chi connectivity index (χ4n) is 3.74. The zero-order valence-corrected chi connectivity index (χ0v) is 19.0. The van der Waals surface area contributed by atoms with Crippen molar-refractivity contribution in [3.05, 3.63) is 81.3 Å². The first-order valence-electron chi connectivity index (χ1n) is 10.2. The van der Waals surface area contributed by atoms with Crippen molar-refractivity contribution < 1.29 is 29.3 Å². The van der Waals surface area contributed by atoms with Crippen LogP contribution >= 0.6 is 23.2 Å². The molecule has 3 aromatic rings. The van der Waals surface area contributed by atoms with Crippen molar-refractivity contribution in [3.63, 3.8) is 0 Å². The van der Waals surface area contributed by atoms with Crippen LogP contribution in [-0.2, 0) is 16.0 Å². The number of phenols is 1. The number of carbonyl (C=O) groups excluding carboxylic acids is 2. The van der Waals surface area contributed by atoms with Crippen LogP contribution in [0.1, 0.15) is 33.9 Å². The lowest BCUT2D eigenvalue weighted by atomic mass is 10.1. The second-order valence-electron chi connectivity index (χ2n) is 7.57. The van der Waals surface area contributed by atoms with Crippen molar-refractivity contribution in [3.8, 4) is 17.2 Å². The van der Waals surface area contributed by atoms with Crippen LogP contribution in [0.3, 0.4) is 0 Å². The number of nitrogens with one attached hydrogen (secondary N) is 2. The summed E-state index contributed by atoms with van der Waals surface area (Å²) in [6.45, 7) is 0. The van der Waals surface area contributed by atoms with Gasteiger partial charge in [-0.05, 0) is 54.3 Å². The molecule has 0 spiro atoms. The van der Waals surface area contributed by atoms with E-state index in [2.05, 4.69) is 10.6 Å². The van der Waals surface area contributed by atoms with Crippen molar-refractivity contribution >= 4 is 46.7 Å². The molecule has 1 aliphatic carbocycles. The van der Waals surface area contributed by atoms with Crippen molar-refractivity contribution in [2.24, 2.45) is 0 Å². The number of carboxylic acids is 1. The van der Waals surface area contributed by atoms with Gasteiger partial charge in [-0.25, -0.2) is 4.79 Å². The van der Waals surface area contributed by atoms with E-state index in [4.69, 9.17) is 33.0 Å². The molecule has 1 aliphatic rings. The van der Waals surface area contributed by atoms with Gasteiger partial charge >= 0.3 is 11.9 Å². The molecular formula is C24H18Cl2N2O6. The predicted molar refractivity (Wildman–Crippen MR) is 126 cm³/mol. The Morgan fingerprint density at radius 2 is 1.71 bits per heavy atom. The summed E-state index contributed by atoms with van der Waals surface area (Å²) in [4.78, 5) is 35.0. The molecule has 0 fully saturated rings. The summed E-state index contributed by atoms with van der Waals surface area (Å²) in [5.41, 5.74) is 2.31. The van der Waals surface area contributed by atoms with Crippen molar-refractivity contribution in [2.75, 3.05) is 5.32 Å². The number of benzene rings is 3. The maximum Gasteiger partial charge on any atom is 0.394 e. The quantitative estimate of drug-likeness (QED) is 0.368. The third-order valence-corrected chi connectivity index (χ3v) is 5.88. The molecule has 10 heteroatoms. The van der Waals surface area contributed by atoms with E-state index >= 15 is 0 Å². The summed E-state index contributed by atoms with van der Waals surface area (Å²) in [5, 5.41) is 24.0. The molecule has 0 aliphatic heterocycles. The minimum Gasteiger partial charge on any atom is -0.507 e. The maximum absolute atomic E-state index is 12.9. The molecule has 4 N–H and O–H groups in total. The molecule has 1 unspecified atom stereocenters. The standard InChI is InChI=1S/C24H18Cl2N2O6/c25-17-9-13(27-23(31)24(32)33)10-18(26)21(17)34-14-6-8-20(29)16(11-14)22(30)28-19-7-5-12-3-1-2-4-15(12)19/h1-4,6,8-11,19,29H,5,7H2,(H,27,31)(H,28,30)(H,32,33). The van der Waals surface area contributed by atoms with E-state index < -0.39 is 17.8 Å². The van der Waals surface area contributed by atoms with Gasteiger partial charge in [0.25, 0.3) is 5.91 Å². The average molecular weight is 501 g/mol. The Morgan fingerprint density at radius 3 is 2.41 bits per heavy atom. The van der Waals surface area contributed by atoms with Crippen LogP contribution in [0.5, 0.6) is 17.2 Å². The molecule has 0 heterocycles. The van der Waals surface area contributed by atoms with E-state index in [1.54, 1.807) is 0 Å². The van der Waals surface area contributed by atoms with E-state index in [-0.39, 0.29) is 44.6 Å². The van der Waals surface area contributed by atoms with E-state index in [0.717, 1.165) is 18.4 Å². The molecule has 0 aromatic heterocycles. The number of hydrogen-bond donors (Lipinski definition) is 4. The summed E-state index contributed by atoms with van der Waals surface area (Å²) in [7, 11) is 0. The topological polar surface area (TPSA) is 125 Å². The SMILES string of the molecule is O=C(O)C(=O)Nc1cc(Cl)c(Oc2ccc(O)c(C(=O)NC3CCc4ccccc43)c2)c(Cl)c1. The number of phenolic OH excluding ortho intramolecular Hbond substituents is 1. The van der Waals surface area contributed by atoms with Gasteiger partial charge in [-0.2, -0.15) is 0 Å². The van der Waals surface area contributed by atoms with Gasteiger partial charge in [0, 0.05) is 5.69 Å². The first kappa shape index (κ1) is 23.4. The smallest absolute Gasteiger partial charge is 0.394 e. The van der Waals surface area contributed by atoms with Gasteiger partial charge in [0.1, 0.15) is 11.5 Å². The predicted octanol–water partition coefficient (Wildman–Crippen LogP) is 4.93. The Kier molecular flexibility index (Phi) is 6.63. The van der Waals surface area contributed by atoms with Crippen LogP contribution in [0.15, 0.2) is 54.6 Å². The summed E-state index contributed by atoms with van der Waals surface area (Å²) < 4.78 is 5.74. The Labute approximate surface area is 204 Å². The van der Waals surface area contributed by atoms with Gasteiger partial charge in [-0.15, -0.1) is 0 Å². The first-order valence-corrected chi connectivity index (χ1v) is 10.9. The molecule has 4 rings (SSSR count). The number of aliphatic carboxylic acids is 1. The van der Waals surface area contributed by atoms with Crippen LogP contribution in [0.25, 0.3) is 0 Å². The molecule has 8 nitrogen and oxygen atoms in total. The lowest BCUT2D eigenvalue weighted by Gasteiger charge is -2.16. The monoisotopic (exact) mass is 500 g/mol. The van der Waals surface area contributed by atoms with Crippen LogP contribution in [0, 0.1) is 0 Å². The lowest BCUT2D eigenvalue weighted by Crippen LogP contribution is -2.27. The summed E-state index contributed by atoms with van der Waals surface area (Å²) in [5.74, 6) is -3.39. The average Bonchev–Trinajstić information content (AvgIpc) is 3.20. The lowest BCUT2D eigenvalue weighted by molar-refractivity contribution is -0.147. The minimum absolute atomic E-state index is 0.00479. The van der Waals surface area contributed by atoms with Gasteiger partial charge in [0.2, 0.25) is 0 Å². The Hall–Kier alpha value is -3.75. The first-order chi connectivity index (χ1) is 16.2. The zero-order chi connectivity index (χ0) is 24.4. The number of aromatic hydroxyl groups is 1. The molecule has 0 bridgehead atoms. The maximum atomic E-state index is 12.9. The van der Waals surface area contributed by atoms with Crippen LogP contribution in [0.4, 0.5) is 5.69 Å². The molecular weight excluding hydrogens is 483 g/mol. The van der Waals surface area contributed by atoms with Gasteiger partial charge in [-0.1, -0.05) is 47.5 Å². The number of halogens is 2. The highest BCUT2D eigenvalue weighted by Crippen LogP contribution is 2.40. The molecule has 2 amide bonds. The molecule has 1 atom stereocenters. The highest BCUT2D eigenvalue weighted by Gasteiger charge is 2.25. The van der Waals surface area contributed by atoms with E-state index in [0.29, 0.717) is 0 Å². The fraction of sp³-hybridized carbons (Fsp3) is 0.125. The molecule has 174 valence electrons. The van der Waals surface area contributed by atoms with E-state index in [9.17, 15) is 19.5 Å². The van der Waals surface area contributed by atoms with Crippen LogP contribution < -0.4 is 15.4 Å². The summed E-state index contributed by atoms with van der Waals surface area (Å²) in [6, 6.07) is 14.4. The van der Waals surface area contributed by atoms with Gasteiger partial charge in [0.15, 0.2) is 5.75 Å². The second kappa shape index (κ2) is 9.62. The number of carbonyl (C=O) groups is 3. The van der Waals surface area contributed by atoms with E-state index in [1.165, 1.54) is 35.9 Å². The van der Waals surface area contributed by atoms with Gasteiger partial charge in [-0.3, -0.25) is 9.59 Å². The van der Waals surface area contributed by atoms with Gasteiger partial charge < -0.3 is 25.6 Å². The van der Waals surface area contributed by atoms with Crippen molar-refractivity contribution in [2.45, 2.75) is 18.9 Å². The number of anilines is 1.